The van der Waals surface area contributed by atoms with Crippen molar-refractivity contribution in [2.75, 3.05) is 19.6 Å². The fourth-order valence-electron chi connectivity index (χ4n) is 7.77. The fourth-order valence-corrected chi connectivity index (χ4v) is 9.29. The normalized spacial score (nSPS) is 32.0. The fraction of sp³-hybridized carbons (Fsp3) is 0.643. The number of benzene rings is 1. The Morgan fingerprint density at radius 3 is 2.28 bits per heavy atom. The minimum atomic E-state index is -3.72. The summed E-state index contributed by atoms with van der Waals surface area (Å²) in [6.45, 7) is 4.79. The standard InChI is InChI=1S/C28H39N3O4S/c1-2-26(32)30-24-5-3-4-12-31(19-24)36(34,35)25-8-6-23(7-9-25)27(33)29-11-10-28-16-20-13-21(17-28)15-22(14-20)18-28/h2,6-9,20-22,24H,1,3-5,10-19H2,(H,29,33)(H,30,32). The maximum atomic E-state index is 13.3. The molecule has 4 aliphatic carbocycles. The molecule has 5 fully saturated rings. The first-order valence-electron chi connectivity index (χ1n) is 13.6. The van der Waals surface area contributed by atoms with Crippen molar-refractivity contribution in [2.45, 2.75) is 75.1 Å². The van der Waals surface area contributed by atoms with Gasteiger partial charge in [-0.05, 0) is 111 Å². The maximum Gasteiger partial charge on any atom is 0.251 e. The molecule has 0 aromatic heterocycles. The van der Waals surface area contributed by atoms with Crippen LogP contribution in [-0.2, 0) is 14.8 Å². The molecule has 6 rings (SSSR count). The Morgan fingerprint density at radius 1 is 1.03 bits per heavy atom. The lowest BCUT2D eigenvalue weighted by molar-refractivity contribution is -0.117. The van der Waals surface area contributed by atoms with Crippen molar-refractivity contribution in [3.63, 3.8) is 0 Å². The van der Waals surface area contributed by atoms with Crippen molar-refractivity contribution < 1.29 is 18.0 Å². The zero-order chi connectivity index (χ0) is 25.3. The van der Waals surface area contributed by atoms with E-state index in [-0.39, 0.29) is 29.3 Å². The number of hydrogen-bond acceptors (Lipinski definition) is 4. The lowest BCUT2D eigenvalue weighted by atomic mass is 9.49. The Kier molecular flexibility index (Phi) is 7.27. The van der Waals surface area contributed by atoms with Crippen LogP contribution in [0.15, 0.2) is 41.8 Å². The van der Waals surface area contributed by atoms with Gasteiger partial charge in [0.05, 0.1) is 4.90 Å². The minimum Gasteiger partial charge on any atom is -0.352 e. The van der Waals surface area contributed by atoms with E-state index in [9.17, 15) is 18.0 Å². The highest BCUT2D eigenvalue weighted by Gasteiger charge is 2.50. The summed E-state index contributed by atoms with van der Waals surface area (Å²) in [4.78, 5) is 24.7. The average Bonchev–Trinajstić information content (AvgIpc) is 3.09. The van der Waals surface area contributed by atoms with E-state index in [1.165, 1.54) is 61.0 Å². The summed E-state index contributed by atoms with van der Waals surface area (Å²) in [5.74, 6) is 2.26. The third kappa shape index (κ3) is 5.40. The molecule has 2 N–H and O–H groups in total. The Hall–Kier alpha value is -2.19. The number of carbonyl (C=O) groups is 2. The van der Waals surface area contributed by atoms with Crippen molar-refractivity contribution in [1.29, 1.82) is 0 Å². The van der Waals surface area contributed by atoms with Gasteiger partial charge in [-0.15, -0.1) is 0 Å². The molecule has 4 saturated carbocycles. The molecule has 1 saturated heterocycles. The van der Waals surface area contributed by atoms with E-state index in [1.54, 1.807) is 12.1 Å². The highest BCUT2D eigenvalue weighted by Crippen LogP contribution is 2.61. The van der Waals surface area contributed by atoms with Gasteiger partial charge in [0.2, 0.25) is 15.9 Å². The van der Waals surface area contributed by atoms with Gasteiger partial charge >= 0.3 is 0 Å². The van der Waals surface area contributed by atoms with E-state index in [0.29, 0.717) is 24.1 Å². The van der Waals surface area contributed by atoms with E-state index in [4.69, 9.17) is 0 Å². The molecule has 0 spiro atoms. The van der Waals surface area contributed by atoms with Gasteiger partial charge in [0.25, 0.3) is 5.91 Å². The van der Waals surface area contributed by atoms with Gasteiger partial charge < -0.3 is 10.6 Å². The second-order valence-corrected chi connectivity index (χ2v) is 13.7. The number of hydrogen-bond donors (Lipinski definition) is 2. The molecule has 5 aliphatic rings. The second kappa shape index (κ2) is 10.3. The molecule has 0 radical (unpaired) electrons. The molecule has 1 unspecified atom stereocenters. The number of nitrogens with zero attached hydrogens (tertiary/aromatic N) is 1. The van der Waals surface area contributed by atoms with E-state index < -0.39 is 10.0 Å². The van der Waals surface area contributed by atoms with Crippen LogP contribution < -0.4 is 10.6 Å². The van der Waals surface area contributed by atoms with Gasteiger partial charge in [-0.1, -0.05) is 13.0 Å². The zero-order valence-electron chi connectivity index (χ0n) is 21.1. The van der Waals surface area contributed by atoms with E-state index in [0.717, 1.165) is 43.4 Å². The van der Waals surface area contributed by atoms with Crippen molar-refractivity contribution in [2.24, 2.45) is 23.2 Å². The monoisotopic (exact) mass is 513 g/mol. The van der Waals surface area contributed by atoms with E-state index in [2.05, 4.69) is 17.2 Å². The van der Waals surface area contributed by atoms with Crippen LogP contribution in [0.4, 0.5) is 0 Å². The van der Waals surface area contributed by atoms with Gasteiger partial charge in [0.1, 0.15) is 0 Å². The Morgan fingerprint density at radius 2 is 1.67 bits per heavy atom. The molecule has 1 aromatic rings. The summed E-state index contributed by atoms with van der Waals surface area (Å²) in [6.07, 6.45) is 12.8. The third-order valence-corrected chi connectivity index (χ3v) is 10.9. The van der Waals surface area contributed by atoms with Crippen LogP contribution in [0.2, 0.25) is 0 Å². The van der Waals surface area contributed by atoms with Gasteiger partial charge in [-0.2, -0.15) is 4.31 Å². The highest BCUT2D eigenvalue weighted by atomic mass is 32.2. The summed E-state index contributed by atoms with van der Waals surface area (Å²) >= 11 is 0. The zero-order valence-corrected chi connectivity index (χ0v) is 21.9. The minimum absolute atomic E-state index is 0.148. The van der Waals surface area contributed by atoms with Gasteiger partial charge in [-0.3, -0.25) is 9.59 Å². The Bertz CT molecular complexity index is 1060. The van der Waals surface area contributed by atoms with Crippen molar-refractivity contribution >= 4 is 21.8 Å². The molecule has 1 aromatic carbocycles. The number of sulfonamides is 1. The molecule has 1 heterocycles. The lowest BCUT2D eigenvalue weighted by Gasteiger charge is -2.57. The largest absolute Gasteiger partial charge is 0.352 e. The van der Waals surface area contributed by atoms with Crippen LogP contribution in [0.25, 0.3) is 0 Å². The number of amides is 2. The van der Waals surface area contributed by atoms with Crippen molar-refractivity contribution in [1.82, 2.24) is 14.9 Å². The number of rotatable bonds is 8. The van der Waals surface area contributed by atoms with Crippen LogP contribution in [0.3, 0.4) is 0 Å². The quantitative estimate of drug-likeness (QED) is 0.516. The number of carbonyl (C=O) groups excluding carboxylic acids is 2. The van der Waals surface area contributed by atoms with Crippen LogP contribution in [0, 0.1) is 23.2 Å². The van der Waals surface area contributed by atoms with Crippen LogP contribution >= 0.6 is 0 Å². The van der Waals surface area contributed by atoms with Crippen LogP contribution in [0.5, 0.6) is 0 Å². The lowest BCUT2D eigenvalue weighted by Crippen LogP contribution is -2.47. The molecule has 1 atom stereocenters. The van der Waals surface area contributed by atoms with Crippen molar-refractivity contribution in [3.8, 4) is 0 Å². The summed E-state index contributed by atoms with van der Waals surface area (Å²) in [5.41, 5.74) is 0.905. The maximum absolute atomic E-state index is 13.3. The molecule has 8 heteroatoms. The first-order chi connectivity index (χ1) is 17.3. The Labute approximate surface area is 215 Å². The van der Waals surface area contributed by atoms with Gasteiger partial charge in [-0.25, -0.2) is 8.42 Å². The molecule has 196 valence electrons. The van der Waals surface area contributed by atoms with E-state index >= 15 is 0 Å². The Balaban J connectivity index is 1.17. The first-order valence-corrected chi connectivity index (χ1v) is 15.0. The van der Waals surface area contributed by atoms with Gasteiger partial charge in [0, 0.05) is 31.2 Å². The molecule has 36 heavy (non-hydrogen) atoms. The molecular weight excluding hydrogens is 474 g/mol. The SMILES string of the molecule is C=CC(=O)NC1CCCCN(S(=O)(=O)c2ccc(C(=O)NCCC34CC5CC(CC(C5)C3)C4)cc2)C1. The molecular formula is C28H39N3O4S. The molecule has 2 amide bonds. The molecule has 1 aliphatic heterocycles. The van der Waals surface area contributed by atoms with Crippen LogP contribution in [-0.4, -0.2) is 50.2 Å². The van der Waals surface area contributed by atoms with Crippen molar-refractivity contribution in [3.05, 3.63) is 42.5 Å². The average molecular weight is 514 g/mol. The summed E-state index contributed by atoms with van der Waals surface area (Å²) in [5, 5.41) is 5.92. The third-order valence-electron chi connectivity index (χ3n) is 9.03. The molecule has 7 nitrogen and oxygen atoms in total. The number of nitrogens with one attached hydrogen (secondary N) is 2. The van der Waals surface area contributed by atoms with E-state index in [1.807, 2.05) is 0 Å². The summed E-state index contributed by atoms with van der Waals surface area (Å²) < 4.78 is 28.0. The predicted octanol–water partition coefficient (Wildman–Crippen LogP) is 3.87. The smallest absolute Gasteiger partial charge is 0.251 e. The van der Waals surface area contributed by atoms with Gasteiger partial charge in [0.15, 0.2) is 0 Å². The van der Waals surface area contributed by atoms with Crippen LogP contribution in [0.1, 0.15) is 74.6 Å². The highest BCUT2D eigenvalue weighted by molar-refractivity contribution is 7.89. The summed E-state index contributed by atoms with van der Waals surface area (Å²) in [7, 11) is -3.72. The summed E-state index contributed by atoms with van der Waals surface area (Å²) in [6, 6.07) is 5.99. The topological polar surface area (TPSA) is 95.6 Å². The second-order valence-electron chi connectivity index (χ2n) is 11.7. The first kappa shape index (κ1) is 25.5. The molecule has 4 bridgehead atoms. The predicted molar refractivity (Wildman–Crippen MR) is 139 cm³/mol.